The highest BCUT2D eigenvalue weighted by molar-refractivity contribution is 9.10. The molecule has 0 radical (unpaired) electrons. The summed E-state index contributed by atoms with van der Waals surface area (Å²) in [7, 11) is 0. The fourth-order valence-electron chi connectivity index (χ4n) is 2.54. The molecule has 102 valence electrons. The van der Waals surface area contributed by atoms with Crippen LogP contribution in [0.4, 0.5) is 4.39 Å². The van der Waals surface area contributed by atoms with Crippen LogP contribution >= 0.6 is 15.9 Å². The van der Waals surface area contributed by atoms with Gasteiger partial charge in [-0.1, -0.05) is 19.4 Å². The zero-order valence-corrected chi connectivity index (χ0v) is 12.2. The highest BCUT2D eigenvalue weighted by Gasteiger charge is 2.36. The first kappa shape index (κ1) is 14.2. The second-order valence-corrected chi connectivity index (χ2v) is 5.65. The lowest BCUT2D eigenvalue weighted by Gasteiger charge is -2.30. The molecule has 0 bridgehead atoms. The summed E-state index contributed by atoms with van der Waals surface area (Å²) in [6.45, 7) is 2.00. The normalized spacial score (nSPS) is 23.3. The highest BCUT2D eigenvalue weighted by Crippen LogP contribution is 2.35. The molecular weight excluding hydrogens is 313 g/mol. The first-order chi connectivity index (χ1) is 9.02. The van der Waals surface area contributed by atoms with E-state index in [-0.39, 0.29) is 35.9 Å². The molecule has 2 atom stereocenters. The first-order valence-corrected chi connectivity index (χ1v) is 7.11. The second kappa shape index (κ2) is 5.82. The molecule has 3 nitrogen and oxygen atoms in total. The lowest BCUT2D eigenvalue weighted by atomic mass is 9.78. The fourth-order valence-corrected chi connectivity index (χ4v) is 2.94. The Kier molecular flexibility index (Phi) is 4.34. The van der Waals surface area contributed by atoms with E-state index >= 15 is 0 Å². The van der Waals surface area contributed by atoms with E-state index in [0.717, 1.165) is 18.4 Å². The van der Waals surface area contributed by atoms with Gasteiger partial charge >= 0.3 is 0 Å². The lowest BCUT2D eigenvalue weighted by molar-refractivity contribution is -0.137. The molecule has 0 aliphatic carbocycles. The van der Waals surface area contributed by atoms with Crippen molar-refractivity contribution in [2.45, 2.75) is 32.1 Å². The van der Waals surface area contributed by atoms with Crippen LogP contribution in [-0.4, -0.2) is 11.8 Å². The molecule has 0 aromatic heterocycles. The van der Waals surface area contributed by atoms with Crippen molar-refractivity contribution >= 4 is 27.7 Å². The predicted molar refractivity (Wildman–Crippen MR) is 73.0 cm³/mol. The second-order valence-electron chi connectivity index (χ2n) is 4.79. The summed E-state index contributed by atoms with van der Waals surface area (Å²) in [4.78, 5) is 23.5. The molecule has 1 aromatic carbocycles. The number of hydrogen-bond acceptors (Lipinski definition) is 2. The quantitative estimate of drug-likeness (QED) is 0.867. The Balaban J connectivity index is 2.34. The Hall–Kier alpha value is -1.23. The van der Waals surface area contributed by atoms with Gasteiger partial charge in [-0.15, -0.1) is 0 Å². The third kappa shape index (κ3) is 3.03. The summed E-state index contributed by atoms with van der Waals surface area (Å²) in [5, 5.41) is 2.38. The number of amides is 2. The van der Waals surface area contributed by atoms with Gasteiger partial charge in [-0.2, -0.15) is 0 Å². The zero-order valence-electron chi connectivity index (χ0n) is 10.6. The molecule has 2 rings (SSSR count). The minimum absolute atomic E-state index is 0.168. The first-order valence-electron chi connectivity index (χ1n) is 6.31. The van der Waals surface area contributed by atoms with E-state index in [4.69, 9.17) is 0 Å². The molecule has 2 amide bonds. The van der Waals surface area contributed by atoms with E-state index < -0.39 is 0 Å². The number of piperidine rings is 1. The molecule has 1 aliphatic rings. The summed E-state index contributed by atoms with van der Waals surface area (Å²) in [6.07, 6.45) is 1.86. The van der Waals surface area contributed by atoms with E-state index in [1.165, 1.54) is 6.07 Å². The molecule has 1 heterocycles. The van der Waals surface area contributed by atoms with Crippen molar-refractivity contribution < 1.29 is 14.0 Å². The Labute approximate surface area is 119 Å². The van der Waals surface area contributed by atoms with Crippen molar-refractivity contribution in [2.75, 3.05) is 0 Å². The Morgan fingerprint density at radius 2 is 2.16 bits per heavy atom. The number of carbonyl (C=O) groups is 2. The smallest absolute Gasteiger partial charge is 0.230 e. The van der Waals surface area contributed by atoms with Crippen LogP contribution in [0.1, 0.15) is 37.7 Å². The van der Waals surface area contributed by atoms with Gasteiger partial charge in [-0.05, 0) is 40.0 Å². The van der Waals surface area contributed by atoms with Gasteiger partial charge in [-0.3, -0.25) is 14.9 Å². The minimum atomic E-state index is -0.345. The molecule has 1 N–H and O–H groups in total. The molecule has 19 heavy (non-hydrogen) atoms. The van der Waals surface area contributed by atoms with E-state index in [0.29, 0.717) is 4.47 Å². The SMILES string of the molecule is CCCC1C(=O)NC(=O)CC1c1ccc(F)c(Br)c1. The number of halogens is 2. The Bertz CT molecular complexity index is 518. The topological polar surface area (TPSA) is 46.2 Å². The van der Waals surface area contributed by atoms with Crippen LogP contribution in [0, 0.1) is 11.7 Å². The van der Waals surface area contributed by atoms with E-state index in [1.54, 1.807) is 12.1 Å². The molecule has 1 fully saturated rings. The van der Waals surface area contributed by atoms with Gasteiger partial charge in [0.1, 0.15) is 5.82 Å². The molecule has 2 unspecified atom stereocenters. The number of hydrogen-bond donors (Lipinski definition) is 1. The molecule has 5 heteroatoms. The number of benzene rings is 1. The van der Waals surface area contributed by atoms with E-state index in [1.807, 2.05) is 6.92 Å². The van der Waals surface area contributed by atoms with E-state index in [2.05, 4.69) is 21.2 Å². The Morgan fingerprint density at radius 3 is 2.79 bits per heavy atom. The average molecular weight is 328 g/mol. The average Bonchev–Trinajstić information content (AvgIpc) is 2.36. The largest absolute Gasteiger partial charge is 0.296 e. The number of imide groups is 1. The maximum atomic E-state index is 13.3. The van der Waals surface area contributed by atoms with Gasteiger partial charge in [0.2, 0.25) is 11.8 Å². The van der Waals surface area contributed by atoms with E-state index in [9.17, 15) is 14.0 Å². The van der Waals surface area contributed by atoms with Crippen molar-refractivity contribution in [1.29, 1.82) is 0 Å². The van der Waals surface area contributed by atoms with Crippen LogP contribution in [-0.2, 0) is 9.59 Å². The summed E-state index contributed by atoms with van der Waals surface area (Å²) >= 11 is 3.14. The van der Waals surface area contributed by atoms with Gasteiger partial charge in [0, 0.05) is 18.3 Å². The van der Waals surface area contributed by atoms with Gasteiger partial charge in [0.25, 0.3) is 0 Å². The van der Waals surface area contributed by atoms with Gasteiger partial charge < -0.3 is 0 Å². The number of carbonyl (C=O) groups excluding carboxylic acids is 2. The van der Waals surface area contributed by atoms with Gasteiger partial charge in [-0.25, -0.2) is 4.39 Å². The molecule has 1 aromatic rings. The summed E-state index contributed by atoms with van der Waals surface area (Å²) in [6, 6.07) is 4.67. The summed E-state index contributed by atoms with van der Waals surface area (Å²) < 4.78 is 13.6. The monoisotopic (exact) mass is 327 g/mol. The fraction of sp³-hybridized carbons (Fsp3) is 0.429. The van der Waals surface area contributed by atoms with Crippen LogP contribution in [0.25, 0.3) is 0 Å². The minimum Gasteiger partial charge on any atom is -0.296 e. The summed E-state index contributed by atoms with van der Waals surface area (Å²) in [5.74, 6) is -1.22. The molecule has 0 spiro atoms. The molecular formula is C14H15BrFNO2. The van der Waals surface area contributed by atoms with Crippen LogP contribution in [0.3, 0.4) is 0 Å². The van der Waals surface area contributed by atoms with Gasteiger partial charge in [0.15, 0.2) is 0 Å². The van der Waals surface area contributed by atoms with Crippen molar-refractivity contribution in [2.24, 2.45) is 5.92 Å². The molecule has 1 saturated heterocycles. The third-order valence-corrected chi connectivity index (χ3v) is 4.07. The van der Waals surface area contributed by atoms with Crippen molar-refractivity contribution in [3.8, 4) is 0 Å². The van der Waals surface area contributed by atoms with Crippen molar-refractivity contribution in [3.05, 3.63) is 34.1 Å². The molecule has 0 saturated carbocycles. The zero-order chi connectivity index (χ0) is 14.0. The highest BCUT2D eigenvalue weighted by atomic mass is 79.9. The standard InChI is InChI=1S/C14H15BrFNO2/c1-2-3-9-10(7-13(18)17-14(9)19)8-4-5-12(16)11(15)6-8/h4-6,9-10H,2-3,7H2,1H3,(H,17,18,19). The maximum Gasteiger partial charge on any atom is 0.230 e. The summed E-state index contributed by atoms with van der Waals surface area (Å²) in [5.41, 5.74) is 0.829. The van der Waals surface area contributed by atoms with Crippen LogP contribution < -0.4 is 5.32 Å². The predicted octanol–water partition coefficient (Wildman–Crippen LogP) is 3.13. The van der Waals surface area contributed by atoms with Crippen LogP contribution in [0.2, 0.25) is 0 Å². The van der Waals surface area contributed by atoms with Crippen molar-refractivity contribution in [1.82, 2.24) is 5.32 Å². The third-order valence-electron chi connectivity index (χ3n) is 3.46. The van der Waals surface area contributed by atoms with Crippen molar-refractivity contribution in [3.63, 3.8) is 0 Å². The van der Waals surface area contributed by atoms with Gasteiger partial charge in [0.05, 0.1) is 4.47 Å². The maximum absolute atomic E-state index is 13.3. The van der Waals surface area contributed by atoms with Crippen LogP contribution in [0.5, 0.6) is 0 Å². The molecule has 1 aliphatic heterocycles. The van der Waals surface area contributed by atoms with Crippen LogP contribution in [0.15, 0.2) is 22.7 Å². The number of rotatable bonds is 3. The Morgan fingerprint density at radius 1 is 1.42 bits per heavy atom. The lowest BCUT2D eigenvalue weighted by Crippen LogP contribution is -2.44. The number of nitrogens with one attached hydrogen (secondary N) is 1.